The van der Waals surface area contributed by atoms with Crippen molar-refractivity contribution in [2.75, 3.05) is 5.73 Å². The number of hydrogen-bond donors (Lipinski definition) is 1. The molecule has 3 nitrogen and oxygen atoms in total. The number of unbranched alkanes of at least 4 members (excludes halogenated alkanes) is 1. The monoisotopic (exact) mass is 251 g/mol. The molecule has 0 aliphatic heterocycles. The summed E-state index contributed by atoms with van der Waals surface area (Å²) in [6, 6.07) is 0. The van der Waals surface area contributed by atoms with Crippen LogP contribution in [0.25, 0.3) is 0 Å². The minimum Gasteiger partial charge on any atom is -0.384 e. The van der Waals surface area contributed by atoms with Gasteiger partial charge in [0.1, 0.15) is 11.6 Å². The summed E-state index contributed by atoms with van der Waals surface area (Å²) in [7, 11) is 0. The zero-order valence-electron chi connectivity index (χ0n) is 12.5. The molecule has 0 saturated heterocycles. The molecule has 0 aliphatic rings. The predicted octanol–water partition coefficient (Wildman–Crippen LogP) is 4.12. The fraction of sp³-hybridized carbons (Fsp3) is 0.800. The number of aromatic nitrogens is 2. The second kappa shape index (κ2) is 7.45. The molecule has 0 aliphatic carbocycles. The van der Waals surface area contributed by atoms with Crippen LogP contribution in [0.1, 0.15) is 77.2 Å². The summed E-state index contributed by atoms with van der Waals surface area (Å²) in [6.07, 6.45) is 6.89. The number of nitrogen functional groups attached to an aromatic ring is 1. The average Bonchev–Trinajstić information content (AvgIpc) is 2.65. The minimum atomic E-state index is 0.480. The molecule has 18 heavy (non-hydrogen) atoms. The summed E-state index contributed by atoms with van der Waals surface area (Å²) in [6.45, 7) is 9.89. The van der Waals surface area contributed by atoms with Gasteiger partial charge in [-0.15, -0.1) is 0 Å². The van der Waals surface area contributed by atoms with Gasteiger partial charge >= 0.3 is 0 Å². The summed E-state index contributed by atoms with van der Waals surface area (Å²) in [5.74, 6) is 2.57. The third-order valence-electron chi connectivity index (χ3n) is 3.51. The fourth-order valence-electron chi connectivity index (χ4n) is 2.45. The highest BCUT2D eigenvalue weighted by Gasteiger charge is 2.18. The summed E-state index contributed by atoms with van der Waals surface area (Å²) < 4.78 is 2.24. The van der Waals surface area contributed by atoms with Crippen molar-refractivity contribution in [3.05, 3.63) is 11.5 Å². The lowest BCUT2D eigenvalue weighted by Gasteiger charge is -2.10. The molecular weight excluding hydrogens is 222 g/mol. The number of rotatable bonds is 8. The van der Waals surface area contributed by atoms with E-state index in [4.69, 9.17) is 10.7 Å². The first-order valence-electron chi connectivity index (χ1n) is 7.50. The Hall–Kier alpha value is -0.990. The Morgan fingerprint density at radius 2 is 1.89 bits per heavy atom. The highest BCUT2D eigenvalue weighted by Crippen LogP contribution is 2.27. The van der Waals surface area contributed by atoms with Gasteiger partial charge in [0.05, 0.1) is 5.69 Å². The Morgan fingerprint density at radius 1 is 1.17 bits per heavy atom. The van der Waals surface area contributed by atoms with Crippen LogP contribution in [0, 0.1) is 0 Å². The second-order valence-electron chi connectivity index (χ2n) is 5.24. The normalized spacial score (nSPS) is 12.9. The maximum absolute atomic E-state index is 6.31. The third-order valence-corrected chi connectivity index (χ3v) is 3.51. The molecule has 0 aromatic carbocycles. The molecule has 1 aromatic heterocycles. The van der Waals surface area contributed by atoms with Gasteiger partial charge in [-0.1, -0.05) is 40.5 Å². The Labute approximate surface area is 112 Å². The number of imidazole rings is 1. The minimum absolute atomic E-state index is 0.480. The van der Waals surface area contributed by atoms with Crippen molar-refractivity contribution in [2.45, 2.75) is 78.7 Å². The van der Waals surface area contributed by atoms with E-state index >= 15 is 0 Å². The van der Waals surface area contributed by atoms with E-state index < -0.39 is 0 Å². The lowest BCUT2D eigenvalue weighted by atomic mass is 10.0. The van der Waals surface area contributed by atoms with Crippen LogP contribution >= 0.6 is 0 Å². The topological polar surface area (TPSA) is 43.8 Å². The largest absolute Gasteiger partial charge is 0.384 e. The summed E-state index contributed by atoms with van der Waals surface area (Å²) in [5.41, 5.74) is 7.43. The van der Waals surface area contributed by atoms with Crippen LogP contribution in [0.4, 0.5) is 5.82 Å². The Bertz CT molecular complexity index is 355. The lowest BCUT2D eigenvalue weighted by molar-refractivity contribution is 0.604. The van der Waals surface area contributed by atoms with Gasteiger partial charge in [-0.2, -0.15) is 0 Å². The van der Waals surface area contributed by atoms with Crippen molar-refractivity contribution < 1.29 is 0 Å². The lowest BCUT2D eigenvalue weighted by Crippen LogP contribution is -2.08. The number of anilines is 1. The quantitative estimate of drug-likeness (QED) is 0.755. The van der Waals surface area contributed by atoms with Crippen molar-refractivity contribution in [3.8, 4) is 0 Å². The molecule has 104 valence electrons. The molecular formula is C15H29N3. The van der Waals surface area contributed by atoms with Gasteiger partial charge in [0.2, 0.25) is 0 Å². The van der Waals surface area contributed by atoms with Crippen molar-refractivity contribution in [1.82, 2.24) is 9.55 Å². The zero-order valence-corrected chi connectivity index (χ0v) is 12.5. The van der Waals surface area contributed by atoms with Gasteiger partial charge in [0.15, 0.2) is 0 Å². The third kappa shape index (κ3) is 3.50. The first-order chi connectivity index (χ1) is 8.65. The molecule has 1 rings (SSSR count). The molecule has 0 amide bonds. The highest BCUT2D eigenvalue weighted by molar-refractivity contribution is 5.40. The van der Waals surface area contributed by atoms with Crippen molar-refractivity contribution in [2.24, 2.45) is 0 Å². The van der Waals surface area contributed by atoms with Crippen LogP contribution < -0.4 is 5.73 Å². The van der Waals surface area contributed by atoms with Crippen molar-refractivity contribution in [1.29, 1.82) is 0 Å². The Morgan fingerprint density at radius 3 is 2.44 bits per heavy atom. The number of hydrogen-bond acceptors (Lipinski definition) is 2. The van der Waals surface area contributed by atoms with Crippen LogP contribution in [0.15, 0.2) is 0 Å². The van der Waals surface area contributed by atoms with E-state index in [1.54, 1.807) is 0 Å². The van der Waals surface area contributed by atoms with Gasteiger partial charge in [-0.25, -0.2) is 4.98 Å². The van der Waals surface area contributed by atoms with Gasteiger partial charge < -0.3 is 10.3 Å². The molecule has 0 saturated carbocycles. The van der Waals surface area contributed by atoms with E-state index in [1.165, 1.54) is 31.5 Å². The molecule has 0 spiro atoms. The van der Waals surface area contributed by atoms with Gasteiger partial charge in [-0.05, 0) is 19.3 Å². The van der Waals surface area contributed by atoms with E-state index in [9.17, 15) is 0 Å². The van der Waals surface area contributed by atoms with Crippen molar-refractivity contribution in [3.63, 3.8) is 0 Å². The van der Waals surface area contributed by atoms with Crippen molar-refractivity contribution >= 4 is 5.82 Å². The van der Waals surface area contributed by atoms with Gasteiger partial charge in [-0.3, -0.25) is 0 Å². The first kappa shape index (κ1) is 15.1. The molecule has 0 radical (unpaired) electrons. The molecule has 1 aromatic rings. The first-order valence-corrected chi connectivity index (χ1v) is 7.50. The number of nitrogens with zero attached hydrogens (tertiary/aromatic N) is 2. The van der Waals surface area contributed by atoms with E-state index in [2.05, 4.69) is 32.3 Å². The standard InChI is InChI=1S/C15H29N3/c1-5-8-11-18-13(10-7-3)17-14(15(18)16)12(4)9-6-2/h12H,5-11,16H2,1-4H3. The molecule has 1 heterocycles. The molecule has 0 fully saturated rings. The predicted molar refractivity (Wildman–Crippen MR) is 78.9 cm³/mol. The summed E-state index contributed by atoms with van der Waals surface area (Å²) >= 11 is 0. The number of aryl methyl sites for hydroxylation is 1. The molecule has 0 bridgehead atoms. The van der Waals surface area contributed by atoms with E-state index in [1.807, 2.05) is 0 Å². The van der Waals surface area contributed by atoms with Crippen LogP contribution in [0.3, 0.4) is 0 Å². The van der Waals surface area contributed by atoms with E-state index in [0.717, 1.165) is 30.9 Å². The zero-order chi connectivity index (χ0) is 13.5. The van der Waals surface area contributed by atoms with Gasteiger partial charge in [0, 0.05) is 18.9 Å². The molecule has 2 N–H and O–H groups in total. The van der Waals surface area contributed by atoms with Crippen LogP contribution in [0.5, 0.6) is 0 Å². The number of nitrogens with two attached hydrogens (primary N) is 1. The van der Waals surface area contributed by atoms with Crippen LogP contribution in [-0.2, 0) is 13.0 Å². The highest BCUT2D eigenvalue weighted by atomic mass is 15.1. The summed E-state index contributed by atoms with van der Waals surface area (Å²) in [4.78, 5) is 4.81. The average molecular weight is 251 g/mol. The Balaban J connectivity index is 2.98. The van der Waals surface area contributed by atoms with E-state index in [-0.39, 0.29) is 0 Å². The maximum atomic E-state index is 6.31. The maximum Gasteiger partial charge on any atom is 0.127 e. The van der Waals surface area contributed by atoms with E-state index in [0.29, 0.717) is 5.92 Å². The summed E-state index contributed by atoms with van der Waals surface area (Å²) in [5, 5.41) is 0. The fourth-order valence-corrected chi connectivity index (χ4v) is 2.45. The van der Waals surface area contributed by atoms with Crippen LogP contribution in [-0.4, -0.2) is 9.55 Å². The molecule has 1 atom stereocenters. The molecule has 3 heteroatoms. The van der Waals surface area contributed by atoms with Gasteiger partial charge in [0.25, 0.3) is 0 Å². The smallest absolute Gasteiger partial charge is 0.127 e. The SMILES string of the molecule is CCCCn1c(CCC)nc(C(C)CCC)c1N. The van der Waals surface area contributed by atoms with Crippen LogP contribution in [0.2, 0.25) is 0 Å². The molecule has 1 unspecified atom stereocenters. The second-order valence-corrected chi connectivity index (χ2v) is 5.24. The Kier molecular flexibility index (Phi) is 6.23.